The minimum absolute atomic E-state index is 0.0271. The van der Waals surface area contributed by atoms with Crippen molar-refractivity contribution < 1.29 is 8.42 Å². The summed E-state index contributed by atoms with van der Waals surface area (Å²) in [6, 6.07) is 19.6. The van der Waals surface area contributed by atoms with Gasteiger partial charge in [-0.05, 0) is 11.1 Å². The first-order valence-corrected chi connectivity index (χ1v) is 8.54. The highest BCUT2D eigenvalue weighted by atomic mass is 32.3. The summed E-state index contributed by atoms with van der Waals surface area (Å²) in [5, 5.41) is 4.97. The van der Waals surface area contributed by atoms with Crippen LogP contribution in [0.3, 0.4) is 0 Å². The molecule has 100 valence electrons. The molecule has 0 aliphatic rings. The Morgan fingerprint density at radius 1 is 0.895 bits per heavy atom. The number of nitrogens with two attached hydrogens (primary N) is 1. The predicted molar refractivity (Wildman–Crippen MR) is 80.3 cm³/mol. The lowest BCUT2D eigenvalue weighted by Gasteiger charge is -2.17. The van der Waals surface area contributed by atoms with Gasteiger partial charge in [0.1, 0.15) is 5.08 Å². The fraction of sp³-hybridized carbons (Fsp3) is 0.143. The van der Waals surface area contributed by atoms with Crippen LogP contribution in [0, 0.1) is 0 Å². The zero-order chi connectivity index (χ0) is 13.7. The van der Waals surface area contributed by atoms with E-state index >= 15 is 0 Å². The average molecular weight is 293 g/mol. The number of hydrogen-bond acceptors (Lipinski definition) is 3. The summed E-state index contributed by atoms with van der Waals surface area (Å²) in [5.41, 5.74) is 2.14. The van der Waals surface area contributed by atoms with Gasteiger partial charge in [0.15, 0.2) is 0 Å². The number of primary sulfonamides is 1. The maximum Gasteiger partial charge on any atom is 0.218 e. The van der Waals surface area contributed by atoms with Crippen molar-refractivity contribution in [3.63, 3.8) is 0 Å². The van der Waals surface area contributed by atoms with Crippen molar-refractivity contribution in [3.05, 3.63) is 71.8 Å². The lowest BCUT2D eigenvalue weighted by Crippen LogP contribution is -2.15. The molecule has 0 aliphatic carbocycles. The normalized spacial score (nSPS) is 11.7. The summed E-state index contributed by atoms with van der Waals surface area (Å²) in [4.78, 5) is 0. The number of rotatable bonds is 5. The summed E-state index contributed by atoms with van der Waals surface area (Å²) < 4.78 is 22.3. The second kappa shape index (κ2) is 6.23. The Balaban J connectivity index is 2.29. The molecule has 0 fully saturated rings. The Labute approximate surface area is 117 Å². The van der Waals surface area contributed by atoms with Crippen molar-refractivity contribution >= 4 is 21.8 Å². The molecule has 2 rings (SSSR count). The molecule has 0 bridgehead atoms. The van der Waals surface area contributed by atoms with Crippen molar-refractivity contribution in [3.8, 4) is 0 Å². The molecule has 0 heterocycles. The topological polar surface area (TPSA) is 60.2 Å². The minimum Gasteiger partial charge on any atom is -0.228 e. The summed E-state index contributed by atoms with van der Waals surface area (Å²) in [6.45, 7) is 0. The van der Waals surface area contributed by atoms with E-state index in [0.717, 1.165) is 11.1 Å². The Morgan fingerprint density at radius 2 is 1.32 bits per heavy atom. The molecule has 0 spiro atoms. The molecule has 0 saturated heterocycles. The van der Waals surface area contributed by atoms with Gasteiger partial charge in [0, 0.05) is 0 Å². The second-order valence-corrected chi connectivity index (χ2v) is 7.22. The first-order chi connectivity index (χ1) is 9.06. The molecule has 19 heavy (non-hydrogen) atoms. The molecule has 0 radical (unpaired) electrons. The Bertz CT molecular complexity index is 573. The van der Waals surface area contributed by atoms with Crippen LogP contribution in [-0.4, -0.2) is 13.5 Å². The largest absolute Gasteiger partial charge is 0.228 e. The van der Waals surface area contributed by atoms with Crippen molar-refractivity contribution in [2.24, 2.45) is 5.14 Å². The highest BCUT2D eigenvalue weighted by molar-refractivity contribution is 8.11. The highest BCUT2D eigenvalue weighted by Gasteiger charge is 2.16. The van der Waals surface area contributed by atoms with Crippen LogP contribution in [0.2, 0.25) is 0 Å². The van der Waals surface area contributed by atoms with Gasteiger partial charge < -0.3 is 0 Å². The van der Waals surface area contributed by atoms with Gasteiger partial charge in [-0.2, -0.15) is 0 Å². The molecular weight excluding hydrogens is 278 g/mol. The molecule has 5 heteroatoms. The maximum absolute atomic E-state index is 11.2. The molecular formula is C14H15NO2S2. The molecule has 0 atom stereocenters. The van der Waals surface area contributed by atoms with E-state index in [1.165, 1.54) is 11.8 Å². The minimum atomic E-state index is -3.47. The first-order valence-electron chi connectivity index (χ1n) is 5.78. The van der Waals surface area contributed by atoms with Crippen molar-refractivity contribution in [2.75, 3.05) is 5.08 Å². The summed E-state index contributed by atoms with van der Waals surface area (Å²) in [7, 11) is -3.47. The van der Waals surface area contributed by atoms with Gasteiger partial charge in [-0.15, -0.1) is 11.8 Å². The van der Waals surface area contributed by atoms with Gasteiger partial charge in [-0.1, -0.05) is 60.7 Å². The quantitative estimate of drug-likeness (QED) is 0.922. The number of benzene rings is 2. The van der Waals surface area contributed by atoms with Gasteiger partial charge in [-0.25, -0.2) is 13.6 Å². The lowest BCUT2D eigenvalue weighted by atomic mass is 10.0. The van der Waals surface area contributed by atoms with Crippen LogP contribution in [0.5, 0.6) is 0 Å². The SMILES string of the molecule is NS(=O)(=O)CSC(c1ccccc1)c1ccccc1. The predicted octanol–water partition coefficient (Wildman–Crippen LogP) is 2.76. The Kier molecular flexibility index (Phi) is 4.63. The van der Waals surface area contributed by atoms with Crippen LogP contribution < -0.4 is 5.14 Å². The van der Waals surface area contributed by atoms with E-state index in [1.807, 2.05) is 60.7 Å². The number of sulfonamides is 1. The van der Waals surface area contributed by atoms with E-state index in [0.29, 0.717) is 0 Å². The van der Waals surface area contributed by atoms with E-state index < -0.39 is 10.0 Å². The summed E-state index contributed by atoms with van der Waals surface area (Å²) >= 11 is 1.32. The van der Waals surface area contributed by atoms with E-state index in [1.54, 1.807) is 0 Å². The molecule has 0 amide bonds. The Morgan fingerprint density at radius 3 is 1.68 bits per heavy atom. The third kappa shape index (κ3) is 4.38. The number of thioether (sulfide) groups is 1. The molecule has 3 nitrogen and oxygen atoms in total. The average Bonchev–Trinajstić information content (AvgIpc) is 2.40. The molecule has 2 aromatic carbocycles. The number of hydrogen-bond donors (Lipinski definition) is 1. The third-order valence-corrected chi connectivity index (χ3v) is 5.34. The first kappa shape index (κ1) is 14.1. The summed E-state index contributed by atoms with van der Waals surface area (Å²) in [6.07, 6.45) is 0. The van der Waals surface area contributed by atoms with E-state index in [9.17, 15) is 8.42 Å². The maximum atomic E-state index is 11.2. The van der Waals surface area contributed by atoms with Crippen LogP contribution in [0.1, 0.15) is 16.4 Å². The molecule has 0 unspecified atom stereocenters. The zero-order valence-electron chi connectivity index (χ0n) is 10.3. The van der Waals surface area contributed by atoms with Gasteiger partial charge in [0.25, 0.3) is 0 Å². The van der Waals surface area contributed by atoms with Crippen molar-refractivity contribution in [2.45, 2.75) is 5.25 Å². The molecule has 0 aromatic heterocycles. The van der Waals surface area contributed by atoms with E-state index in [2.05, 4.69) is 0 Å². The zero-order valence-corrected chi connectivity index (χ0v) is 11.9. The van der Waals surface area contributed by atoms with Crippen molar-refractivity contribution in [1.29, 1.82) is 0 Å². The lowest BCUT2D eigenvalue weighted by molar-refractivity contribution is 0.602. The molecule has 2 aromatic rings. The smallest absolute Gasteiger partial charge is 0.218 e. The van der Waals surface area contributed by atoms with Crippen LogP contribution in [0.25, 0.3) is 0 Å². The van der Waals surface area contributed by atoms with Gasteiger partial charge in [0.2, 0.25) is 10.0 Å². The van der Waals surface area contributed by atoms with E-state index in [4.69, 9.17) is 5.14 Å². The molecule has 0 saturated carbocycles. The fourth-order valence-electron chi connectivity index (χ4n) is 1.80. The fourth-order valence-corrected chi connectivity index (χ4v) is 3.81. The summed E-state index contributed by atoms with van der Waals surface area (Å²) in [5.74, 6) is 0. The van der Waals surface area contributed by atoms with Crippen LogP contribution in [0.4, 0.5) is 0 Å². The highest BCUT2D eigenvalue weighted by Crippen LogP contribution is 2.35. The Hall–Kier alpha value is -1.30. The van der Waals surface area contributed by atoms with Gasteiger partial charge in [-0.3, -0.25) is 0 Å². The van der Waals surface area contributed by atoms with Crippen molar-refractivity contribution in [1.82, 2.24) is 0 Å². The molecule has 0 aliphatic heterocycles. The van der Waals surface area contributed by atoms with Crippen LogP contribution >= 0.6 is 11.8 Å². The van der Waals surface area contributed by atoms with Gasteiger partial charge in [0.05, 0.1) is 5.25 Å². The third-order valence-electron chi connectivity index (χ3n) is 2.60. The monoisotopic (exact) mass is 293 g/mol. The molecule has 2 N–H and O–H groups in total. The van der Waals surface area contributed by atoms with Gasteiger partial charge >= 0.3 is 0 Å². The van der Waals surface area contributed by atoms with Crippen LogP contribution in [-0.2, 0) is 10.0 Å². The standard InChI is InChI=1S/C14H15NO2S2/c15-19(16,17)11-18-14(12-7-3-1-4-8-12)13-9-5-2-6-10-13/h1-10,14H,11H2,(H2,15,16,17). The van der Waals surface area contributed by atoms with E-state index in [-0.39, 0.29) is 10.3 Å². The second-order valence-electron chi connectivity index (χ2n) is 4.15. The van der Waals surface area contributed by atoms with Crippen LogP contribution in [0.15, 0.2) is 60.7 Å².